The molecule has 1 atom stereocenters. The summed E-state index contributed by atoms with van der Waals surface area (Å²) in [7, 11) is 0. The van der Waals surface area contributed by atoms with Gasteiger partial charge in [0, 0.05) is 32.2 Å². The predicted molar refractivity (Wildman–Crippen MR) is 98.9 cm³/mol. The molecular weight excluding hydrogens is 280 g/mol. The largest absolute Gasteiger partial charge is 0.300 e. The summed E-state index contributed by atoms with van der Waals surface area (Å²) in [4.78, 5) is 5.43. The van der Waals surface area contributed by atoms with E-state index >= 15 is 0 Å². The van der Waals surface area contributed by atoms with Crippen molar-refractivity contribution in [2.75, 3.05) is 32.7 Å². The molecule has 1 unspecified atom stereocenters. The zero-order valence-electron chi connectivity index (χ0n) is 15.0. The molecule has 1 saturated heterocycles. The fraction of sp³-hybridized carbons (Fsp3) is 0.714. The van der Waals surface area contributed by atoms with Gasteiger partial charge in [-0.1, -0.05) is 69.7 Å². The summed E-state index contributed by atoms with van der Waals surface area (Å²) in [5, 5.41) is 0. The van der Waals surface area contributed by atoms with E-state index in [0.717, 1.165) is 0 Å². The van der Waals surface area contributed by atoms with E-state index in [9.17, 15) is 0 Å². The van der Waals surface area contributed by atoms with E-state index in [1.54, 1.807) is 11.1 Å². The smallest absolute Gasteiger partial charge is 0.0478 e. The molecule has 2 aliphatic rings. The molecule has 0 spiro atoms. The van der Waals surface area contributed by atoms with Crippen LogP contribution in [0.1, 0.15) is 69.0 Å². The number of fused-ring (bicyclic) bond motifs is 3. The lowest BCUT2D eigenvalue weighted by Crippen LogP contribution is -2.50. The van der Waals surface area contributed by atoms with Gasteiger partial charge in [0.25, 0.3) is 0 Å². The SMILES string of the molecule is CCCCCCCCCN1CCN2CCc3ccccc3C2C1. The van der Waals surface area contributed by atoms with Gasteiger partial charge in [0.05, 0.1) is 0 Å². The van der Waals surface area contributed by atoms with Gasteiger partial charge in [0.2, 0.25) is 0 Å². The van der Waals surface area contributed by atoms with E-state index in [2.05, 4.69) is 41.0 Å². The monoisotopic (exact) mass is 314 g/mol. The lowest BCUT2D eigenvalue weighted by Gasteiger charge is -2.45. The Labute approximate surface area is 142 Å². The second-order valence-electron chi connectivity index (χ2n) is 7.42. The minimum atomic E-state index is 0.651. The van der Waals surface area contributed by atoms with Crippen LogP contribution in [0.3, 0.4) is 0 Å². The Kier molecular flexibility index (Phi) is 6.53. The Hall–Kier alpha value is -0.860. The molecule has 0 radical (unpaired) electrons. The topological polar surface area (TPSA) is 6.48 Å². The molecule has 2 heteroatoms. The molecule has 1 aromatic rings. The third-order valence-corrected chi connectivity index (χ3v) is 5.74. The average molecular weight is 315 g/mol. The van der Waals surface area contributed by atoms with Gasteiger partial charge in [-0.15, -0.1) is 0 Å². The molecular formula is C21H34N2. The highest BCUT2D eigenvalue weighted by Gasteiger charge is 2.31. The van der Waals surface area contributed by atoms with Gasteiger partial charge in [-0.05, 0) is 30.5 Å². The molecule has 3 rings (SSSR count). The molecule has 0 aromatic heterocycles. The molecule has 2 aliphatic heterocycles. The van der Waals surface area contributed by atoms with E-state index < -0.39 is 0 Å². The van der Waals surface area contributed by atoms with Crippen LogP contribution < -0.4 is 0 Å². The average Bonchev–Trinajstić information content (AvgIpc) is 2.61. The van der Waals surface area contributed by atoms with Crippen molar-refractivity contribution >= 4 is 0 Å². The molecule has 0 aliphatic carbocycles. The van der Waals surface area contributed by atoms with Crippen molar-refractivity contribution in [1.82, 2.24) is 9.80 Å². The fourth-order valence-corrected chi connectivity index (χ4v) is 4.29. The van der Waals surface area contributed by atoms with Crippen LogP contribution in [-0.4, -0.2) is 42.5 Å². The molecule has 0 bridgehead atoms. The highest BCUT2D eigenvalue weighted by Crippen LogP contribution is 2.32. The van der Waals surface area contributed by atoms with Crippen LogP contribution in [0, 0.1) is 0 Å². The van der Waals surface area contributed by atoms with Crippen LogP contribution in [0.2, 0.25) is 0 Å². The number of hydrogen-bond donors (Lipinski definition) is 0. The van der Waals surface area contributed by atoms with E-state index in [0.29, 0.717) is 6.04 Å². The Morgan fingerprint density at radius 2 is 1.70 bits per heavy atom. The van der Waals surface area contributed by atoms with E-state index in [-0.39, 0.29) is 0 Å². The third-order valence-electron chi connectivity index (χ3n) is 5.74. The quantitative estimate of drug-likeness (QED) is 0.644. The molecule has 2 nitrogen and oxygen atoms in total. The van der Waals surface area contributed by atoms with Gasteiger partial charge in [-0.25, -0.2) is 0 Å². The van der Waals surface area contributed by atoms with E-state index in [1.807, 2.05) is 0 Å². The molecule has 128 valence electrons. The molecule has 0 N–H and O–H groups in total. The minimum absolute atomic E-state index is 0.651. The fourth-order valence-electron chi connectivity index (χ4n) is 4.29. The van der Waals surface area contributed by atoms with E-state index in [4.69, 9.17) is 0 Å². The van der Waals surface area contributed by atoms with Gasteiger partial charge in [0.1, 0.15) is 0 Å². The maximum Gasteiger partial charge on any atom is 0.0478 e. The number of piperazine rings is 1. The van der Waals surface area contributed by atoms with Crippen LogP contribution >= 0.6 is 0 Å². The van der Waals surface area contributed by atoms with Crippen molar-refractivity contribution in [2.24, 2.45) is 0 Å². The lowest BCUT2D eigenvalue weighted by atomic mass is 9.91. The summed E-state index contributed by atoms with van der Waals surface area (Å²) in [5.74, 6) is 0. The van der Waals surface area contributed by atoms with Crippen molar-refractivity contribution in [1.29, 1.82) is 0 Å². The van der Waals surface area contributed by atoms with Gasteiger partial charge in [-0.3, -0.25) is 4.90 Å². The van der Waals surface area contributed by atoms with Crippen LogP contribution in [0.15, 0.2) is 24.3 Å². The zero-order chi connectivity index (χ0) is 15.9. The molecule has 0 saturated carbocycles. The highest BCUT2D eigenvalue weighted by molar-refractivity contribution is 5.33. The van der Waals surface area contributed by atoms with Crippen molar-refractivity contribution in [3.63, 3.8) is 0 Å². The summed E-state index contributed by atoms with van der Waals surface area (Å²) in [6.07, 6.45) is 11.1. The van der Waals surface area contributed by atoms with Gasteiger partial charge < -0.3 is 4.90 Å². The van der Waals surface area contributed by atoms with Crippen molar-refractivity contribution < 1.29 is 0 Å². The first kappa shape index (κ1) is 17.0. The number of benzene rings is 1. The van der Waals surface area contributed by atoms with Gasteiger partial charge in [-0.2, -0.15) is 0 Å². The number of hydrogen-bond acceptors (Lipinski definition) is 2. The van der Waals surface area contributed by atoms with Gasteiger partial charge >= 0.3 is 0 Å². The summed E-state index contributed by atoms with van der Waals surface area (Å²) in [5.41, 5.74) is 3.19. The Morgan fingerprint density at radius 3 is 2.57 bits per heavy atom. The third kappa shape index (κ3) is 4.58. The normalized spacial score (nSPS) is 21.9. The lowest BCUT2D eigenvalue weighted by molar-refractivity contribution is 0.0663. The maximum absolute atomic E-state index is 2.72. The molecule has 23 heavy (non-hydrogen) atoms. The van der Waals surface area contributed by atoms with Crippen LogP contribution in [-0.2, 0) is 6.42 Å². The Morgan fingerprint density at radius 1 is 0.913 bits per heavy atom. The van der Waals surface area contributed by atoms with E-state index in [1.165, 1.54) is 84.1 Å². The molecule has 0 amide bonds. The zero-order valence-corrected chi connectivity index (χ0v) is 15.0. The second-order valence-corrected chi connectivity index (χ2v) is 7.42. The minimum Gasteiger partial charge on any atom is -0.300 e. The maximum atomic E-state index is 2.72. The first-order valence-corrected chi connectivity index (χ1v) is 9.92. The Bertz CT molecular complexity index is 471. The van der Waals surface area contributed by atoms with Crippen molar-refractivity contribution in [3.8, 4) is 0 Å². The summed E-state index contributed by atoms with van der Waals surface area (Å²) >= 11 is 0. The summed E-state index contributed by atoms with van der Waals surface area (Å²) < 4.78 is 0. The first-order chi connectivity index (χ1) is 11.4. The Balaban J connectivity index is 1.42. The number of nitrogens with zero attached hydrogens (tertiary/aromatic N) is 2. The highest BCUT2D eigenvalue weighted by atomic mass is 15.3. The first-order valence-electron chi connectivity index (χ1n) is 9.92. The van der Waals surface area contributed by atoms with Crippen LogP contribution in [0.25, 0.3) is 0 Å². The molecule has 2 heterocycles. The summed E-state index contributed by atoms with van der Waals surface area (Å²) in [6, 6.07) is 9.77. The number of rotatable bonds is 8. The standard InChI is InChI=1S/C21H34N2/c1-2-3-4-5-6-7-10-14-22-16-17-23-15-13-19-11-8-9-12-20(19)21(23)18-22/h8-9,11-12,21H,2-7,10,13-18H2,1H3. The molecule has 1 aromatic carbocycles. The van der Waals surface area contributed by atoms with Gasteiger partial charge in [0.15, 0.2) is 0 Å². The second kappa shape index (κ2) is 8.84. The van der Waals surface area contributed by atoms with Crippen molar-refractivity contribution in [3.05, 3.63) is 35.4 Å². The summed E-state index contributed by atoms with van der Waals surface area (Å²) in [6.45, 7) is 8.63. The number of unbranched alkanes of at least 4 members (excludes halogenated alkanes) is 6. The molecule has 1 fully saturated rings. The van der Waals surface area contributed by atoms with Crippen molar-refractivity contribution in [2.45, 2.75) is 64.3 Å². The van der Waals surface area contributed by atoms with Crippen LogP contribution in [0.5, 0.6) is 0 Å². The van der Waals surface area contributed by atoms with Crippen LogP contribution in [0.4, 0.5) is 0 Å². The predicted octanol–water partition coefficient (Wildman–Crippen LogP) is 4.65.